The van der Waals surface area contributed by atoms with Crippen LogP contribution >= 0.6 is 27.3 Å². The first-order valence-electron chi connectivity index (χ1n) is 5.29. The predicted molar refractivity (Wildman–Crippen MR) is 77.8 cm³/mol. The number of hydrogen-bond donors (Lipinski definition) is 1. The molecule has 0 atom stereocenters. The number of thiophene rings is 1. The standard InChI is InChI=1S/C12H9BrN2O3S/c1-7-2-3-9(8(13)6-7)14-12(16)10-4-5-11(19-10)15(17)18/h2-6H,1H3,(H,14,16). The molecule has 0 fully saturated rings. The summed E-state index contributed by atoms with van der Waals surface area (Å²) in [6, 6.07) is 8.30. The van der Waals surface area contributed by atoms with Crippen LogP contribution in [-0.2, 0) is 0 Å². The van der Waals surface area contributed by atoms with E-state index in [1.807, 2.05) is 19.1 Å². The van der Waals surface area contributed by atoms with Crippen LogP contribution in [0, 0.1) is 17.0 Å². The fraction of sp³-hybridized carbons (Fsp3) is 0.0833. The highest BCUT2D eigenvalue weighted by Gasteiger charge is 2.16. The van der Waals surface area contributed by atoms with Crippen LogP contribution in [0.3, 0.4) is 0 Å². The lowest BCUT2D eigenvalue weighted by Gasteiger charge is -2.06. The van der Waals surface area contributed by atoms with Crippen LogP contribution in [0.1, 0.15) is 15.2 Å². The number of amides is 1. The Morgan fingerprint density at radius 1 is 1.37 bits per heavy atom. The Morgan fingerprint density at radius 3 is 2.68 bits per heavy atom. The van der Waals surface area contributed by atoms with Gasteiger partial charge in [0.2, 0.25) is 0 Å². The van der Waals surface area contributed by atoms with Gasteiger partial charge in [0, 0.05) is 10.5 Å². The molecule has 19 heavy (non-hydrogen) atoms. The molecule has 0 saturated heterocycles. The van der Waals surface area contributed by atoms with Crippen molar-refractivity contribution in [2.75, 3.05) is 5.32 Å². The maximum absolute atomic E-state index is 11.9. The smallest absolute Gasteiger partial charge is 0.320 e. The number of carbonyl (C=O) groups is 1. The van der Waals surface area contributed by atoms with Crippen LogP contribution in [0.4, 0.5) is 10.7 Å². The van der Waals surface area contributed by atoms with Crippen LogP contribution in [0.5, 0.6) is 0 Å². The number of rotatable bonds is 3. The second-order valence-electron chi connectivity index (χ2n) is 3.83. The molecule has 1 aromatic heterocycles. The van der Waals surface area contributed by atoms with Gasteiger partial charge in [-0.3, -0.25) is 14.9 Å². The molecule has 5 nitrogen and oxygen atoms in total. The largest absolute Gasteiger partial charge is 0.324 e. The summed E-state index contributed by atoms with van der Waals surface area (Å²) in [5, 5.41) is 13.2. The monoisotopic (exact) mass is 340 g/mol. The lowest BCUT2D eigenvalue weighted by atomic mass is 10.2. The van der Waals surface area contributed by atoms with E-state index in [0.29, 0.717) is 10.6 Å². The van der Waals surface area contributed by atoms with Gasteiger partial charge in [-0.15, -0.1) is 0 Å². The van der Waals surface area contributed by atoms with Gasteiger partial charge >= 0.3 is 5.00 Å². The van der Waals surface area contributed by atoms with E-state index < -0.39 is 4.92 Å². The van der Waals surface area contributed by atoms with E-state index in [1.54, 1.807) is 6.07 Å². The molecule has 1 aromatic carbocycles. The van der Waals surface area contributed by atoms with Gasteiger partial charge in [-0.2, -0.15) is 0 Å². The maximum atomic E-state index is 11.9. The van der Waals surface area contributed by atoms with Crippen molar-refractivity contribution >= 4 is 43.9 Å². The number of nitro groups is 1. The molecule has 98 valence electrons. The molecule has 0 spiro atoms. The highest BCUT2D eigenvalue weighted by Crippen LogP contribution is 2.27. The molecule has 0 aliphatic carbocycles. The number of aryl methyl sites for hydroxylation is 1. The molecular weight excluding hydrogens is 332 g/mol. The van der Waals surface area contributed by atoms with Crippen LogP contribution in [0.15, 0.2) is 34.8 Å². The number of hydrogen-bond acceptors (Lipinski definition) is 4. The molecule has 1 N–H and O–H groups in total. The minimum absolute atomic E-state index is 0.0480. The Bertz CT molecular complexity index is 654. The molecule has 2 aromatic rings. The first kappa shape index (κ1) is 13.7. The highest BCUT2D eigenvalue weighted by atomic mass is 79.9. The molecule has 0 aliphatic rings. The van der Waals surface area contributed by atoms with Crippen LogP contribution in [0.2, 0.25) is 0 Å². The molecule has 7 heteroatoms. The van der Waals surface area contributed by atoms with Gasteiger partial charge < -0.3 is 5.32 Å². The summed E-state index contributed by atoms with van der Waals surface area (Å²) in [4.78, 5) is 22.3. The summed E-state index contributed by atoms with van der Waals surface area (Å²) >= 11 is 4.21. The second kappa shape index (κ2) is 5.50. The van der Waals surface area contributed by atoms with Crippen molar-refractivity contribution in [3.63, 3.8) is 0 Å². The summed E-state index contributed by atoms with van der Waals surface area (Å²) in [5.41, 5.74) is 1.70. The van der Waals surface area contributed by atoms with Crippen LogP contribution in [0.25, 0.3) is 0 Å². The van der Waals surface area contributed by atoms with E-state index in [9.17, 15) is 14.9 Å². The van der Waals surface area contributed by atoms with Gasteiger partial charge in [0.05, 0.1) is 15.5 Å². The molecular formula is C12H9BrN2O3S. The van der Waals surface area contributed by atoms with Gasteiger partial charge in [0.15, 0.2) is 0 Å². The number of anilines is 1. The van der Waals surface area contributed by atoms with E-state index in [-0.39, 0.29) is 10.9 Å². The zero-order valence-corrected chi connectivity index (χ0v) is 12.2. The van der Waals surface area contributed by atoms with Crippen molar-refractivity contribution in [3.05, 3.63) is 55.4 Å². The molecule has 0 unspecified atom stereocenters. The number of nitrogens with one attached hydrogen (secondary N) is 1. The van der Waals surface area contributed by atoms with Gasteiger partial charge in [-0.05, 0) is 46.6 Å². The van der Waals surface area contributed by atoms with E-state index in [4.69, 9.17) is 0 Å². The van der Waals surface area contributed by atoms with E-state index in [0.717, 1.165) is 21.4 Å². The Kier molecular flexibility index (Phi) is 3.96. The molecule has 0 saturated carbocycles. The first-order valence-corrected chi connectivity index (χ1v) is 6.90. The SMILES string of the molecule is Cc1ccc(NC(=O)c2ccc([N+](=O)[O-])s2)c(Br)c1. The van der Waals surface area contributed by atoms with Gasteiger partial charge in [-0.25, -0.2) is 0 Å². The average molecular weight is 341 g/mol. The van der Waals surface area contributed by atoms with Gasteiger partial charge in [0.25, 0.3) is 5.91 Å². The second-order valence-corrected chi connectivity index (χ2v) is 5.75. The lowest BCUT2D eigenvalue weighted by molar-refractivity contribution is -0.380. The topological polar surface area (TPSA) is 72.2 Å². The lowest BCUT2D eigenvalue weighted by Crippen LogP contribution is -2.10. The minimum atomic E-state index is -0.511. The minimum Gasteiger partial charge on any atom is -0.320 e. The molecule has 1 heterocycles. The van der Waals surface area contributed by atoms with Crippen LogP contribution < -0.4 is 5.32 Å². The third kappa shape index (κ3) is 3.18. The third-order valence-corrected chi connectivity index (χ3v) is 4.06. The van der Waals surface area contributed by atoms with Crippen molar-refractivity contribution < 1.29 is 9.72 Å². The number of nitrogens with zero attached hydrogens (tertiary/aromatic N) is 1. The van der Waals surface area contributed by atoms with Gasteiger partial charge in [0.1, 0.15) is 0 Å². The Hall–Kier alpha value is -1.73. The van der Waals surface area contributed by atoms with Gasteiger partial charge in [-0.1, -0.05) is 17.4 Å². The number of carbonyl (C=O) groups excluding carboxylic acids is 1. The average Bonchev–Trinajstić information content (AvgIpc) is 2.82. The van der Waals surface area contributed by atoms with Crippen molar-refractivity contribution in [1.82, 2.24) is 0 Å². The zero-order chi connectivity index (χ0) is 14.0. The predicted octanol–water partition coefficient (Wildman–Crippen LogP) is 3.98. The number of halogens is 1. The Balaban J connectivity index is 2.18. The van der Waals surface area contributed by atoms with Crippen molar-refractivity contribution in [3.8, 4) is 0 Å². The maximum Gasteiger partial charge on any atom is 0.324 e. The van der Waals surface area contributed by atoms with Crippen molar-refractivity contribution in [2.45, 2.75) is 6.92 Å². The Morgan fingerprint density at radius 2 is 2.11 bits per heavy atom. The van der Waals surface area contributed by atoms with E-state index in [1.165, 1.54) is 12.1 Å². The fourth-order valence-electron chi connectivity index (χ4n) is 1.45. The third-order valence-electron chi connectivity index (χ3n) is 2.37. The summed E-state index contributed by atoms with van der Waals surface area (Å²) in [6.45, 7) is 1.94. The summed E-state index contributed by atoms with van der Waals surface area (Å²) < 4.78 is 0.770. The number of benzene rings is 1. The summed E-state index contributed by atoms with van der Waals surface area (Å²) in [5.74, 6) is -0.359. The zero-order valence-electron chi connectivity index (χ0n) is 9.84. The Labute approximate surface area is 121 Å². The van der Waals surface area contributed by atoms with E-state index in [2.05, 4.69) is 21.2 Å². The molecule has 0 aliphatic heterocycles. The molecule has 0 bridgehead atoms. The summed E-state index contributed by atoms with van der Waals surface area (Å²) in [7, 11) is 0. The van der Waals surface area contributed by atoms with Crippen molar-refractivity contribution in [2.24, 2.45) is 0 Å². The van der Waals surface area contributed by atoms with E-state index >= 15 is 0 Å². The van der Waals surface area contributed by atoms with Crippen LogP contribution in [-0.4, -0.2) is 10.8 Å². The fourth-order valence-corrected chi connectivity index (χ4v) is 2.76. The molecule has 2 rings (SSSR count). The first-order chi connectivity index (χ1) is 8.97. The van der Waals surface area contributed by atoms with Crippen molar-refractivity contribution in [1.29, 1.82) is 0 Å². The quantitative estimate of drug-likeness (QED) is 0.678. The normalized spacial score (nSPS) is 10.2. The molecule has 1 amide bonds. The highest BCUT2D eigenvalue weighted by molar-refractivity contribution is 9.10. The molecule has 0 radical (unpaired) electrons. The summed E-state index contributed by atoms with van der Waals surface area (Å²) in [6.07, 6.45) is 0.